The lowest BCUT2D eigenvalue weighted by atomic mass is 10.3. The van der Waals surface area contributed by atoms with Gasteiger partial charge in [-0.05, 0) is 67.9 Å². The maximum absolute atomic E-state index is 12.1. The van der Waals surface area contributed by atoms with Gasteiger partial charge in [-0.3, -0.25) is 4.55 Å². The van der Waals surface area contributed by atoms with Crippen LogP contribution in [0.2, 0.25) is 10.3 Å². The lowest BCUT2D eigenvalue weighted by Crippen LogP contribution is -2.19. The van der Waals surface area contributed by atoms with Gasteiger partial charge in [0.05, 0.1) is 16.4 Å². The van der Waals surface area contributed by atoms with Crippen LogP contribution >= 0.6 is 23.2 Å². The zero-order valence-corrected chi connectivity index (χ0v) is 24.9. The lowest BCUT2D eigenvalue weighted by Gasteiger charge is -2.21. The maximum atomic E-state index is 12.1. The van der Waals surface area contributed by atoms with E-state index in [1.807, 2.05) is 42.2 Å². The average molecular weight is 641 g/mol. The Morgan fingerprint density at radius 2 is 1.70 bits per heavy atom. The normalized spacial score (nSPS) is 11.7. The lowest BCUT2D eigenvalue weighted by molar-refractivity contribution is 0.434. The first kappa shape index (κ1) is 29.8. The van der Waals surface area contributed by atoms with Crippen molar-refractivity contribution >= 4 is 68.0 Å². The van der Waals surface area contributed by atoms with Crippen LogP contribution in [-0.4, -0.2) is 49.4 Å². The highest BCUT2D eigenvalue weighted by Crippen LogP contribution is 2.37. The Morgan fingerprint density at radius 3 is 2.40 bits per heavy atom. The van der Waals surface area contributed by atoms with E-state index in [0.29, 0.717) is 22.9 Å². The van der Waals surface area contributed by atoms with E-state index >= 15 is 0 Å². The summed E-state index contributed by atoms with van der Waals surface area (Å²) in [5, 5.41) is 26.4. The number of halogens is 2. The van der Waals surface area contributed by atoms with Crippen LogP contribution < -0.4 is 10.2 Å². The van der Waals surface area contributed by atoms with E-state index in [0.717, 1.165) is 11.8 Å². The monoisotopic (exact) mass is 639 g/mol. The third kappa shape index (κ3) is 6.57. The van der Waals surface area contributed by atoms with Gasteiger partial charge in [0.1, 0.15) is 10.6 Å². The minimum atomic E-state index is -4.70. The van der Waals surface area contributed by atoms with Crippen LogP contribution in [0.1, 0.15) is 12.6 Å². The van der Waals surface area contributed by atoms with Crippen LogP contribution in [0.5, 0.6) is 5.88 Å². The minimum Gasteiger partial charge on any atom is -0.492 e. The fourth-order valence-electron chi connectivity index (χ4n) is 4.10. The van der Waals surface area contributed by atoms with Gasteiger partial charge in [-0.2, -0.15) is 33.2 Å². The number of aromatic hydroxyl groups is 1. The molecule has 13 nitrogen and oxygen atoms in total. The Morgan fingerprint density at radius 1 is 0.977 bits per heavy atom. The molecule has 16 heteroatoms. The summed E-state index contributed by atoms with van der Waals surface area (Å²) in [4.78, 5) is 14.1. The molecule has 0 radical (unpaired) electrons. The molecule has 3 N–H and O–H groups in total. The van der Waals surface area contributed by atoms with Crippen LogP contribution in [0.15, 0.2) is 87.9 Å². The Hall–Kier alpha value is -4.63. The van der Waals surface area contributed by atoms with Gasteiger partial charge in [-0.15, -0.1) is 10.2 Å². The van der Waals surface area contributed by atoms with Gasteiger partial charge in [0.2, 0.25) is 23.1 Å². The third-order valence-corrected chi connectivity index (χ3v) is 7.45. The molecule has 43 heavy (non-hydrogen) atoms. The van der Waals surface area contributed by atoms with Crippen LogP contribution in [0.25, 0.3) is 5.69 Å². The summed E-state index contributed by atoms with van der Waals surface area (Å²) in [6.45, 7) is 4.05. The molecule has 0 saturated heterocycles. The smallest absolute Gasteiger partial charge is 0.296 e. The molecule has 2 aromatic heterocycles. The minimum absolute atomic E-state index is 0.0333. The van der Waals surface area contributed by atoms with E-state index in [1.54, 1.807) is 31.2 Å². The van der Waals surface area contributed by atoms with E-state index < -0.39 is 15.0 Å². The number of hydrogen-bond donors (Lipinski definition) is 3. The van der Waals surface area contributed by atoms with Crippen LogP contribution in [0, 0.1) is 6.92 Å². The molecule has 0 aliphatic rings. The molecular formula is C27H23Cl2N9O4S. The molecule has 0 spiro atoms. The first-order valence-corrected chi connectivity index (χ1v) is 14.8. The van der Waals surface area contributed by atoms with Gasteiger partial charge < -0.3 is 15.3 Å². The van der Waals surface area contributed by atoms with Crippen LogP contribution in [0.3, 0.4) is 0 Å². The van der Waals surface area contributed by atoms with Crippen molar-refractivity contribution in [2.75, 3.05) is 16.8 Å². The Balaban J connectivity index is 1.50. The summed E-state index contributed by atoms with van der Waals surface area (Å²) in [6.07, 6.45) is 0. The van der Waals surface area contributed by atoms with Gasteiger partial charge in [-0.25, -0.2) is 0 Å². The molecule has 0 amide bonds. The molecule has 0 fully saturated rings. The molecule has 0 aliphatic heterocycles. The summed E-state index contributed by atoms with van der Waals surface area (Å²) >= 11 is 12.5. The topological polar surface area (TPSA) is 171 Å². The van der Waals surface area contributed by atoms with Gasteiger partial charge >= 0.3 is 0 Å². The first-order chi connectivity index (χ1) is 20.5. The van der Waals surface area contributed by atoms with E-state index in [2.05, 4.69) is 35.6 Å². The van der Waals surface area contributed by atoms with Crippen molar-refractivity contribution in [3.63, 3.8) is 0 Å². The van der Waals surface area contributed by atoms with Gasteiger partial charge in [0.25, 0.3) is 10.1 Å². The second-order valence-corrected chi connectivity index (χ2v) is 11.0. The zero-order valence-electron chi connectivity index (χ0n) is 22.6. The molecule has 5 rings (SSSR count). The number of azo groups is 1. The molecule has 0 atom stereocenters. The number of para-hydroxylation sites is 2. The number of aryl methyl sites for hydroxylation is 1. The van der Waals surface area contributed by atoms with Crippen molar-refractivity contribution in [2.24, 2.45) is 10.2 Å². The number of benzene rings is 3. The standard InChI is InChI=1S/C27H23Cl2N9O4S/c1-3-37(18-9-5-4-6-10-18)27-32-25(29)31-26(33-27)30-17-13-14-22(43(40,41)42)20(15-17)34-35-23-16(2)36-38(24(23)39)21-12-8-7-11-19(21)28/h4-15,39H,3H2,1-2H3,(H,40,41,42)(H,30,31,32,33)/b35-34+. The largest absolute Gasteiger partial charge is 0.492 e. The molecule has 5 aromatic rings. The van der Waals surface area contributed by atoms with Crippen LogP contribution in [-0.2, 0) is 10.1 Å². The maximum Gasteiger partial charge on any atom is 0.296 e. The summed E-state index contributed by atoms with van der Waals surface area (Å²) in [5.74, 6) is -0.0168. The zero-order chi connectivity index (χ0) is 30.7. The number of nitrogens with one attached hydrogen (secondary N) is 1. The predicted octanol–water partition coefficient (Wildman–Crippen LogP) is 6.94. The van der Waals surface area contributed by atoms with Gasteiger partial charge in [0.15, 0.2) is 5.69 Å². The number of anilines is 4. The Bertz CT molecular complexity index is 1940. The first-order valence-electron chi connectivity index (χ1n) is 12.6. The van der Waals surface area contributed by atoms with E-state index in [1.165, 1.54) is 16.8 Å². The van der Waals surface area contributed by atoms with Gasteiger partial charge in [0, 0.05) is 17.9 Å². The summed E-state index contributed by atoms with van der Waals surface area (Å²) < 4.78 is 35.3. The average Bonchev–Trinajstić information content (AvgIpc) is 3.24. The van der Waals surface area contributed by atoms with Crippen molar-refractivity contribution in [1.82, 2.24) is 24.7 Å². The molecular weight excluding hydrogens is 617 g/mol. The van der Waals surface area contributed by atoms with Crippen molar-refractivity contribution in [2.45, 2.75) is 18.7 Å². The highest BCUT2D eigenvalue weighted by Gasteiger charge is 2.20. The molecule has 0 saturated carbocycles. The Labute approximate surface area is 256 Å². The highest BCUT2D eigenvalue weighted by molar-refractivity contribution is 7.86. The molecule has 3 aromatic carbocycles. The number of rotatable bonds is 9. The second-order valence-electron chi connectivity index (χ2n) is 8.91. The summed E-state index contributed by atoms with van der Waals surface area (Å²) in [7, 11) is -4.70. The summed E-state index contributed by atoms with van der Waals surface area (Å²) in [5.41, 5.74) is 1.56. The van der Waals surface area contributed by atoms with Crippen molar-refractivity contribution in [1.29, 1.82) is 0 Å². The molecule has 0 bridgehead atoms. The molecule has 0 unspecified atom stereocenters. The number of nitrogens with zero attached hydrogens (tertiary/aromatic N) is 8. The van der Waals surface area contributed by atoms with E-state index in [9.17, 15) is 18.1 Å². The molecule has 2 heterocycles. The predicted molar refractivity (Wildman–Crippen MR) is 163 cm³/mol. The van der Waals surface area contributed by atoms with Gasteiger partial charge in [-0.1, -0.05) is 41.9 Å². The fraction of sp³-hybridized carbons (Fsp3) is 0.111. The molecule has 0 aliphatic carbocycles. The Kier molecular flexibility index (Phi) is 8.54. The van der Waals surface area contributed by atoms with E-state index in [-0.39, 0.29) is 40.1 Å². The van der Waals surface area contributed by atoms with Crippen molar-refractivity contribution < 1.29 is 18.1 Å². The SMILES string of the molecule is CCN(c1ccccc1)c1nc(Cl)nc(Nc2ccc(S(=O)(=O)O)c(/N=N/c3c(C)nn(-c4ccccc4Cl)c3O)c2)n1. The third-order valence-electron chi connectivity index (χ3n) is 6.06. The number of hydrogen-bond acceptors (Lipinski definition) is 11. The highest BCUT2D eigenvalue weighted by atomic mass is 35.5. The van der Waals surface area contributed by atoms with E-state index in [4.69, 9.17) is 23.2 Å². The summed E-state index contributed by atoms with van der Waals surface area (Å²) in [6, 6.07) is 20.0. The fourth-order valence-corrected chi connectivity index (χ4v) is 5.08. The quantitative estimate of drug-likeness (QED) is 0.113. The van der Waals surface area contributed by atoms with Crippen LogP contribution in [0.4, 0.5) is 34.6 Å². The van der Waals surface area contributed by atoms with Crippen molar-refractivity contribution in [3.05, 3.63) is 88.8 Å². The number of aromatic nitrogens is 5. The second kappa shape index (κ2) is 12.3. The van der Waals surface area contributed by atoms with Crippen molar-refractivity contribution in [3.8, 4) is 11.6 Å². The molecule has 220 valence electrons.